The number of hydrogen-bond donors (Lipinski definition) is 0. The molecule has 0 saturated carbocycles. The van der Waals surface area contributed by atoms with Gasteiger partial charge in [0, 0.05) is 55.9 Å². The van der Waals surface area contributed by atoms with Crippen LogP contribution >= 0.6 is 0 Å². The molecule has 12 aromatic rings. The van der Waals surface area contributed by atoms with Crippen molar-refractivity contribution >= 4 is 60.7 Å². The van der Waals surface area contributed by atoms with Gasteiger partial charge in [-0.15, -0.1) is 0 Å². The summed E-state index contributed by atoms with van der Waals surface area (Å²) < 4.78 is 19.1. The molecular formula is C64H48FN3. The zero-order valence-corrected chi connectivity index (χ0v) is 37.8. The second-order valence-electron chi connectivity index (χ2n) is 17.9. The maximum Gasteiger partial charge on any atom is 0.123 e. The highest BCUT2D eigenvalue weighted by Gasteiger charge is 2.20. The van der Waals surface area contributed by atoms with E-state index in [1.54, 1.807) is 0 Å². The fourth-order valence-electron chi connectivity index (χ4n) is 10.4. The summed E-state index contributed by atoms with van der Waals surface area (Å²) in [7, 11) is 0. The van der Waals surface area contributed by atoms with Crippen molar-refractivity contribution in [3.05, 3.63) is 271 Å². The molecule has 4 heteroatoms. The number of halogens is 1. The normalized spacial score (nSPS) is 12.0. The molecule has 0 bridgehead atoms. The second kappa shape index (κ2) is 17.4. The summed E-state index contributed by atoms with van der Waals surface area (Å²) in [4.78, 5) is 2.21. The van der Waals surface area contributed by atoms with Crippen molar-refractivity contribution in [3.8, 4) is 22.5 Å². The molecule has 0 aliphatic carbocycles. The van der Waals surface area contributed by atoms with Crippen LogP contribution in [0.5, 0.6) is 0 Å². The molecule has 1 unspecified atom stereocenters. The first-order valence-corrected chi connectivity index (χ1v) is 23.5. The third kappa shape index (κ3) is 7.50. The topological polar surface area (TPSA) is 13.1 Å². The highest BCUT2D eigenvalue weighted by Crippen LogP contribution is 2.41. The van der Waals surface area contributed by atoms with Gasteiger partial charge >= 0.3 is 0 Å². The summed E-state index contributed by atoms with van der Waals surface area (Å²) in [6, 6.07) is 86.0. The molecule has 0 saturated heterocycles. The molecule has 0 fully saturated rings. The molecule has 0 amide bonds. The van der Waals surface area contributed by atoms with Crippen LogP contribution in [-0.4, -0.2) is 9.13 Å². The van der Waals surface area contributed by atoms with Crippen LogP contribution in [0, 0.1) is 12.7 Å². The largest absolute Gasteiger partial charge is 0.310 e. The van der Waals surface area contributed by atoms with Crippen LogP contribution in [0.4, 0.5) is 21.5 Å². The quantitative estimate of drug-likeness (QED) is 0.126. The van der Waals surface area contributed by atoms with Gasteiger partial charge < -0.3 is 14.0 Å². The molecule has 326 valence electrons. The van der Waals surface area contributed by atoms with E-state index in [-0.39, 0.29) is 11.7 Å². The Hall–Kier alpha value is -8.47. The van der Waals surface area contributed by atoms with E-state index in [4.69, 9.17) is 0 Å². The number of para-hydroxylation sites is 4. The van der Waals surface area contributed by atoms with Gasteiger partial charge in [-0.3, -0.25) is 0 Å². The standard InChI is InChI=1S/C64H48FN3/c1-44-20-25-48(26-21-44)56(49-31-40-63-59(42-49)57-16-8-10-18-61(57)67(63)51-12-4-2-5-13-51)39-24-45-22-27-46(28-23-45)47-29-34-53(35-30-47)66(54-36-32-50(65)33-37-54)55-38-41-64-60(43-55)58-17-9-11-19-62(58)68(64)52-14-6-3-7-15-52/h2-23,25-38,40-43,56H,24,39H2,1H3. The van der Waals surface area contributed by atoms with Crippen molar-refractivity contribution in [2.45, 2.75) is 25.7 Å². The number of benzene rings is 10. The van der Waals surface area contributed by atoms with E-state index in [1.165, 1.54) is 72.8 Å². The lowest BCUT2D eigenvalue weighted by Crippen LogP contribution is -2.10. The van der Waals surface area contributed by atoms with Crippen LogP contribution in [0.3, 0.4) is 0 Å². The minimum atomic E-state index is -0.260. The zero-order chi connectivity index (χ0) is 45.6. The summed E-state index contributed by atoms with van der Waals surface area (Å²) in [6.07, 6.45) is 1.93. The minimum Gasteiger partial charge on any atom is -0.310 e. The lowest BCUT2D eigenvalue weighted by molar-refractivity contribution is 0.628. The molecule has 0 aliphatic rings. The van der Waals surface area contributed by atoms with E-state index in [2.05, 4.69) is 239 Å². The first kappa shape index (κ1) is 41.0. The van der Waals surface area contributed by atoms with Crippen molar-refractivity contribution < 1.29 is 4.39 Å². The van der Waals surface area contributed by atoms with Gasteiger partial charge in [0.1, 0.15) is 5.82 Å². The Morgan fingerprint density at radius 2 is 0.853 bits per heavy atom. The lowest BCUT2D eigenvalue weighted by atomic mass is 9.85. The maximum absolute atomic E-state index is 14.4. The van der Waals surface area contributed by atoms with Crippen molar-refractivity contribution in [1.29, 1.82) is 0 Å². The van der Waals surface area contributed by atoms with Gasteiger partial charge in [-0.1, -0.05) is 145 Å². The first-order valence-electron chi connectivity index (χ1n) is 23.5. The summed E-state index contributed by atoms with van der Waals surface area (Å²) in [5.74, 6) is -0.0251. The van der Waals surface area contributed by atoms with E-state index >= 15 is 0 Å². The molecule has 68 heavy (non-hydrogen) atoms. The number of aryl methyl sites for hydroxylation is 2. The predicted octanol–water partition coefficient (Wildman–Crippen LogP) is 17.2. The number of fused-ring (bicyclic) bond motifs is 6. The third-order valence-electron chi connectivity index (χ3n) is 13.7. The molecule has 0 radical (unpaired) electrons. The summed E-state index contributed by atoms with van der Waals surface area (Å²) >= 11 is 0. The van der Waals surface area contributed by atoms with Gasteiger partial charge in [-0.25, -0.2) is 4.39 Å². The Bertz CT molecular complexity index is 3720. The number of aromatic nitrogens is 2. The Morgan fingerprint density at radius 1 is 0.397 bits per heavy atom. The predicted molar refractivity (Wildman–Crippen MR) is 283 cm³/mol. The van der Waals surface area contributed by atoms with Crippen molar-refractivity contribution in [1.82, 2.24) is 9.13 Å². The smallest absolute Gasteiger partial charge is 0.123 e. The first-order chi connectivity index (χ1) is 33.5. The van der Waals surface area contributed by atoms with Gasteiger partial charge in [-0.2, -0.15) is 0 Å². The highest BCUT2D eigenvalue weighted by atomic mass is 19.1. The molecule has 1 atom stereocenters. The van der Waals surface area contributed by atoms with Gasteiger partial charge in [0.25, 0.3) is 0 Å². The van der Waals surface area contributed by atoms with E-state index < -0.39 is 0 Å². The van der Waals surface area contributed by atoms with E-state index in [9.17, 15) is 4.39 Å². The fraction of sp³-hybridized carbons (Fsp3) is 0.0625. The molecule has 0 aliphatic heterocycles. The SMILES string of the molecule is Cc1ccc(C(CCc2ccc(-c3ccc(N(c4ccc(F)cc4)c4ccc5c(c4)c4ccccc4n5-c4ccccc4)cc3)cc2)c2ccc3c(c2)c2ccccc2n3-c2ccccc2)cc1. The molecule has 0 spiro atoms. The average molecular weight is 878 g/mol. The van der Waals surface area contributed by atoms with E-state index in [0.29, 0.717) is 0 Å². The number of anilines is 3. The van der Waals surface area contributed by atoms with E-state index in [1.807, 2.05) is 12.1 Å². The summed E-state index contributed by atoms with van der Waals surface area (Å²) in [5.41, 5.74) is 17.5. The van der Waals surface area contributed by atoms with Crippen molar-refractivity contribution in [2.24, 2.45) is 0 Å². The van der Waals surface area contributed by atoms with Gasteiger partial charge in [0.05, 0.1) is 22.1 Å². The van der Waals surface area contributed by atoms with Crippen LogP contribution in [-0.2, 0) is 6.42 Å². The van der Waals surface area contributed by atoms with Crippen molar-refractivity contribution in [2.75, 3.05) is 4.90 Å². The molecule has 0 N–H and O–H groups in total. The van der Waals surface area contributed by atoms with Crippen LogP contribution in [0.2, 0.25) is 0 Å². The number of rotatable bonds is 11. The molecule has 12 rings (SSSR count). The average Bonchev–Trinajstić information content (AvgIpc) is 3.91. The third-order valence-corrected chi connectivity index (χ3v) is 13.7. The van der Waals surface area contributed by atoms with E-state index in [0.717, 1.165) is 57.6 Å². The Kier molecular flexibility index (Phi) is 10.5. The molecule has 2 aromatic heterocycles. The fourth-order valence-corrected chi connectivity index (χ4v) is 10.4. The van der Waals surface area contributed by atoms with Crippen LogP contribution in [0.25, 0.3) is 66.1 Å². The Labute approximate surface area is 396 Å². The molecular weight excluding hydrogens is 830 g/mol. The zero-order valence-electron chi connectivity index (χ0n) is 37.8. The number of nitrogens with zero attached hydrogens (tertiary/aromatic N) is 3. The number of hydrogen-bond acceptors (Lipinski definition) is 1. The van der Waals surface area contributed by atoms with Crippen molar-refractivity contribution in [3.63, 3.8) is 0 Å². The molecule has 10 aromatic carbocycles. The van der Waals surface area contributed by atoms with Crippen LogP contribution in [0.15, 0.2) is 243 Å². The Balaban J connectivity index is 0.835. The lowest BCUT2D eigenvalue weighted by Gasteiger charge is -2.26. The summed E-state index contributed by atoms with van der Waals surface area (Å²) in [5, 5.41) is 4.89. The second-order valence-corrected chi connectivity index (χ2v) is 17.9. The van der Waals surface area contributed by atoms with Gasteiger partial charge in [0.2, 0.25) is 0 Å². The maximum atomic E-state index is 14.4. The van der Waals surface area contributed by atoms with Crippen LogP contribution in [0.1, 0.15) is 34.6 Å². The van der Waals surface area contributed by atoms with Gasteiger partial charge in [0.15, 0.2) is 0 Å². The monoisotopic (exact) mass is 877 g/mol. The molecule has 3 nitrogen and oxygen atoms in total. The minimum absolute atomic E-state index is 0.235. The molecule has 2 heterocycles. The van der Waals surface area contributed by atoms with Gasteiger partial charge in [-0.05, 0) is 151 Å². The van der Waals surface area contributed by atoms with Crippen LogP contribution < -0.4 is 4.90 Å². The highest BCUT2D eigenvalue weighted by molar-refractivity contribution is 6.11. The summed E-state index contributed by atoms with van der Waals surface area (Å²) in [6.45, 7) is 2.16. The Morgan fingerprint density at radius 3 is 1.44 bits per heavy atom.